The zero-order valence-corrected chi connectivity index (χ0v) is 6.39. The summed E-state index contributed by atoms with van der Waals surface area (Å²) in [6.07, 6.45) is 0. The first-order valence-electron chi connectivity index (χ1n) is 2.44. The van der Waals surface area contributed by atoms with Gasteiger partial charge in [-0.05, 0) is 11.6 Å². The Labute approximate surface area is 67.4 Å². The van der Waals surface area contributed by atoms with E-state index in [4.69, 9.17) is 28.9 Å². The van der Waals surface area contributed by atoms with Crippen LogP contribution >= 0.6 is 23.2 Å². The Morgan fingerprint density at radius 3 is 2.50 bits per heavy atom. The maximum absolute atomic E-state index is 5.43. The Bertz CT molecular complexity index is 218. The molecule has 1 aromatic heterocycles. The molecule has 1 aromatic rings. The van der Waals surface area contributed by atoms with Crippen molar-refractivity contribution in [1.29, 1.82) is 0 Å². The molecular weight excluding hydrogens is 175 g/mol. The van der Waals surface area contributed by atoms with Crippen LogP contribution in [-0.4, -0.2) is 15.0 Å². The maximum Gasteiger partial charge on any atom is 0.227 e. The summed E-state index contributed by atoms with van der Waals surface area (Å²) in [5.74, 6) is 0.668. The van der Waals surface area contributed by atoms with Crippen LogP contribution in [0.2, 0.25) is 5.28 Å². The van der Waals surface area contributed by atoms with Crippen molar-refractivity contribution in [2.75, 3.05) is 5.73 Å². The van der Waals surface area contributed by atoms with Gasteiger partial charge in [0.25, 0.3) is 0 Å². The molecule has 0 bridgehead atoms. The molecule has 0 radical (unpaired) electrons. The van der Waals surface area contributed by atoms with Crippen LogP contribution in [0.1, 0.15) is 5.82 Å². The second kappa shape index (κ2) is 2.98. The Morgan fingerprint density at radius 1 is 1.30 bits per heavy atom. The quantitative estimate of drug-likeness (QED) is 0.648. The van der Waals surface area contributed by atoms with Crippen LogP contribution in [0, 0.1) is 0 Å². The highest BCUT2D eigenvalue weighted by molar-refractivity contribution is 6.28. The predicted molar refractivity (Wildman–Crippen MR) is 38.8 cm³/mol. The number of alkyl halides is 1. The van der Waals surface area contributed by atoms with E-state index in [2.05, 4.69) is 15.0 Å². The third-order valence-corrected chi connectivity index (χ3v) is 1.20. The molecule has 0 atom stereocenters. The molecule has 0 saturated heterocycles. The monoisotopic (exact) mass is 178 g/mol. The molecule has 1 rings (SSSR count). The third kappa shape index (κ3) is 1.68. The van der Waals surface area contributed by atoms with Crippen LogP contribution in [0.25, 0.3) is 0 Å². The van der Waals surface area contributed by atoms with Crippen LogP contribution in [0.4, 0.5) is 5.95 Å². The van der Waals surface area contributed by atoms with Crippen molar-refractivity contribution >= 4 is 29.2 Å². The van der Waals surface area contributed by atoms with Gasteiger partial charge in [0.1, 0.15) is 0 Å². The molecule has 0 amide bonds. The molecule has 10 heavy (non-hydrogen) atoms. The van der Waals surface area contributed by atoms with Crippen molar-refractivity contribution in [3.8, 4) is 0 Å². The minimum Gasteiger partial charge on any atom is -0.368 e. The minimum absolute atomic E-state index is 0.0724. The van der Waals surface area contributed by atoms with Crippen molar-refractivity contribution in [2.45, 2.75) is 5.88 Å². The molecule has 0 aromatic carbocycles. The average Bonchev–Trinajstić information content (AvgIpc) is 1.85. The molecule has 2 N–H and O–H groups in total. The normalized spacial score (nSPS) is 9.80. The predicted octanol–water partition coefficient (Wildman–Crippen LogP) is 0.846. The molecule has 0 fully saturated rings. The molecule has 0 aliphatic rings. The summed E-state index contributed by atoms with van der Waals surface area (Å²) in [7, 11) is 0. The fourth-order valence-corrected chi connectivity index (χ4v) is 0.772. The SMILES string of the molecule is Nc1nc(Cl)nc(CCl)n1. The molecule has 6 heteroatoms. The number of hydrogen-bond donors (Lipinski definition) is 1. The van der Waals surface area contributed by atoms with Crippen LogP contribution in [0.3, 0.4) is 0 Å². The van der Waals surface area contributed by atoms with E-state index in [1.54, 1.807) is 0 Å². The van der Waals surface area contributed by atoms with Crippen LogP contribution in [-0.2, 0) is 5.88 Å². The lowest BCUT2D eigenvalue weighted by Gasteiger charge is -1.94. The number of rotatable bonds is 1. The zero-order chi connectivity index (χ0) is 7.56. The summed E-state index contributed by atoms with van der Waals surface area (Å²) in [6, 6.07) is 0. The van der Waals surface area contributed by atoms with E-state index in [0.29, 0.717) is 5.82 Å². The highest BCUT2D eigenvalue weighted by Crippen LogP contribution is 2.04. The highest BCUT2D eigenvalue weighted by atomic mass is 35.5. The van der Waals surface area contributed by atoms with Gasteiger partial charge in [-0.15, -0.1) is 11.6 Å². The van der Waals surface area contributed by atoms with Crippen LogP contribution in [0.15, 0.2) is 0 Å². The van der Waals surface area contributed by atoms with Gasteiger partial charge in [0.15, 0.2) is 5.82 Å². The summed E-state index contributed by atoms with van der Waals surface area (Å²) in [4.78, 5) is 10.9. The summed E-state index contributed by atoms with van der Waals surface area (Å²) in [5.41, 5.74) is 5.23. The number of halogens is 2. The van der Waals surface area contributed by atoms with Crippen molar-refractivity contribution in [3.05, 3.63) is 11.1 Å². The smallest absolute Gasteiger partial charge is 0.227 e. The van der Waals surface area contributed by atoms with Gasteiger partial charge in [0.2, 0.25) is 11.2 Å². The summed E-state index contributed by atoms with van der Waals surface area (Å²) in [5, 5.41) is 0.0724. The van der Waals surface area contributed by atoms with Gasteiger partial charge in [-0.1, -0.05) is 0 Å². The molecule has 0 aliphatic heterocycles. The molecular formula is C4H4Cl2N4. The van der Waals surface area contributed by atoms with Gasteiger partial charge in [-0.2, -0.15) is 9.97 Å². The van der Waals surface area contributed by atoms with Crippen LogP contribution < -0.4 is 5.73 Å². The lowest BCUT2D eigenvalue weighted by molar-refractivity contribution is 0.972. The standard InChI is InChI=1S/C4H4Cl2N4/c5-1-2-8-3(6)10-4(7)9-2/h1H2,(H2,7,8,9,10). The van der Waals surface area contributed by atoms with Crippen molar-refractivity contribution in [3.63, 3.8) is 0 Å². The Kier molecular flexibility index (Phi) is 2.24. The van der Waals surface area contributed by atoms with E-state index >= 15 is 0 Å². The van der Waals surface area contributed by atoms with E-state index in [0.717, 1.165) is 0 Å². The van der Waals surface area contributed by atoms with Crippen LogP contribution in [0.5, 0.6) is 0 Å². The fourth-order valence-electron chi connectivity index (χ4n) is 0.468. The third-order valence-electron chi connectivity index (χ3n) is 0.791. The molecule has 0 aliphatic carbocycles. The number of aromatic nitrogens is 3. The maximum atomic E-state index is 5.43. The van der Waals surface area contributed by atoms with E-state index in [-0.39, 0.29) is 17.1 Å². The van der Waals surface area contributed by atoms with E-state index in [9.17, 15) is 0 Å². The zero-order valence-electron chi connectivity index (χ0n) is 4.88. The summed E-state index contributed by atoms with van der Waals surface area (Å²) < 4.78 is 0. The van der Waals surface area contributed by atoms with Crippen molar-refractivity contribution < 1.29 is 0 Å². The second-order valence-corrected chi connectivity index (χ2v) is 2.12. The van der Waals surface area contributed by atoms with E-state index in [1.165, 1.54) is 0 Å². The molecule has 0 spiro atoms. The molecule has 0 unspecified atom stereocenters. The first-order valence-corrected chi connectivity index (χ1v) is 3.35. The lowest BCUT2D eigenvalue weighted by Crippen LogP contribution is -2.00. The molecule has 4 nitrogen and oxygen atoms in total. The fraction of sp³-hybridized carbons (Fsp3) is 0.250. The number of hydrogen-bond acceptors (Lipinski definition) is 4. The summed E-state index contributed by atoms with van der Waals surface area (Å²) >= 11 is 10.8. The van der Waals surface area contributed by atoms with E-state index < -0.39 is 0 Å². The van der Waals surface area contributed by atoms with Crippen molar-refractivity contribution in [1.82, 2.24) is 15.0 Å². The van der Waals surface area contributed by atoms with Gasteiger partial charge in [0, 0.05) is 0 Å². The second-order valence-electron chi connectivity index (χ2n) is 1.51. The Balaban J connectivity index is 3.06. The molecule has 1 heterocycles. The van der Waals surface area contributed by atoms with E-state index in [1.807, 2.05) is 0 Å². The Hall–Kier alpha value is -0.610. The number of anilines is 1. The van der Waals surface area contributed by atoms with Gasteiger partial charge in [-0.3, -0.25) is 0 Å². The van der Waals surface area contributed by atoms with Gasteiger partial charge >= 0.3 is 0 Å². The molecule has 54 valence electrons. The van der Waals surface area contributed by atoms with Gasteiger partial charge in [-0.25, -0.2) is 4.98 Å². The van der Waals surface area contributed by atoms with Crippen molar-refractivity contribution in [2.24, 2.45) is 0 Å². The number of nitrogens with zero attached hydrogens (tertiary/aromatic N) is 3. The van der Waals surface area contributed by atoms with Gasteiger partial charge in [0.05, 0.1) is 5.88 Å². The summed E-state index contributed by atoms with van der Waals surface area (Å²) in [6.45, 7) is 0. The first-order chi connectivity index (χ1) is 4.72. The lowest BCUT2D eigenvalue weighted by atomic mass is 10.7. The van der Waals surface area contributed by atoms with Gasteiger partial charge < -0.3 is 5.73 Å². The largest absolute Gasteiger partial charge is 0.368 e. The number of nitrogens with two attached hydrogens (primary N) is 1. The Morgan fingerprint density at radius 2 is 2.00 bits per heavy atom. The molecule has 0 saturated carbocycles. The highest BCUT2D eigenvalue weighted by Gasteiger charge is 1.98. The minimum atomic E-state index is 0.0724. The average molecular weight is 179 g/mol. The first kappa shape index (κ1) is 7.50. The topological polar surface area (TPSA) is 64.7 Å². The number of nitrogen functional groups attached to an aromatic ring is 1.